The van der Waals surface area contributed by atoms with Gasteiger partial charge in [-0.25, -0.2) is 0 Å². The molecule has 0 amide bonds. The van der Waals surface area contributed by atoms with Crippen LogP contribution in [-0.2, 0) is 10.8 Å². The fraction of sp³-hybridized carbons (Fsp3) is 0.147. The summed E-state index contributed by atoms with van der Waals surface area (Å²) in [6.07, 6.45) is 6.41. The highest BCUT2D eigenvalue weighted by atomic mass is 15.2. The molecule has 0 aromatic heterocycles. The highest BCUT2D eigenvalue weighted by molar-refractivity contribution is 6.07. The third kappa shape index (κ3) is 6.29. The normalized spacial score (nSPS) is 15.3. The molecular weight excluding hydrogens is 831 g/mol. The van der Waals surface area contributed by atoms with E-state index < -0.39 is 5.41 Å². The van der Waals surface area contributed by atoms with Crippen LogP contribution in [0.4, 0.5) is 17.1 Å². The van der Waals surface area contributed by atoms with Gasteiger partial charge >= 0.3 is 0 Å². The van der Waals surface area contributed by atoms with Crippen LogP contribution in [0.3, 0.4) is 0 Å². The van der Waals surface area contributed by atoms with Crippen LogP contribution < -0.4 is 4.90 Å². The van der Waals surface area contributed by atoms with E-state index in [0.717, 1.165) is 17.1 Å². The van der Waals surface area contributed by atoms with E-state index in [9.17, 15) is 0 Å². The van der Waals surface area contributed by atoms with Crippen molar-refractivity contribution in [2.45, 2.75) is 62.7 Å². The van der Waals surface area contributed by atoms with E-state index in [4.69, 9.17) is 0 Å². The van der Waals surface area contributed by atoms with Crippen LogP contribution in [0, 0.1) is 0 Å². The SMILES string of the molecule is CC1(C)c2ccccc2-c2c(-c3ccccc3N(c3ccccc3-c3cccc4cccc(C5CCCCC5)c34)c3cccc4c3-c3ccccc3C4(c3ccccc3)c3ccccc3)cccc21. The maximum Gasteiger partial charge on any atom is 0.0714 e. The molecule has 3 aliphatic rings. The summed E-state index contributed by atoms with van der Waals surface area (Å²) in [5.74, 6) is 0.554. The Hall–Kier alpha value is -7.74. The first-order valence-electron chi connectivity index (χ1n) is 25.1. The number of anilines is 3. The molecule has 1 saturated carbocycles. The molecule has 3 aliphatic carbocycles. The van der Waals surface area contributed by atoms with Crippen molar-refractivity contribution >= 4 is 27.8 Å². The van der Waals surface area contributed by atoms with Gasteiger partial charge in [0.1, 0.15) is 0 Å². The fourth-order valence-electron chi connectivity index (χ4n) is 13.2. The predicted octanol–water partition coefficient (Wildman–Crippen LogP) is 18.4. The Balaban J connectivity index is 1.14. The molecule has 332 valence electrons. The molecule has 69 heavy (non-hydrogen) atoms. The average Bonchev–Trinajstić information content (AvgIpc) is 3.85. The van der Waals surface area contributed by atoms with Crippen LogP contribution >= 0.6 is 0 Å². The lowest BCUT2D eigenvalue weighted by atomic mass is 9.68. The first kappa shape index (κ1) is 41.4. The van der Waals surface area contributed by atoms with E-state index >= 15 is 0 Å². The summed E-state index contributed by atoms with van der Waals surface area (Å²) in [7, 11) is 0. The van der Waals surface area contributed by atoms with Gasteiger partial charge in [0.25, 0.3) is 0 Å². The largest absolute Gasteiger partial charge is 0.309 e. The maximum atomic E-state index is 2.64. The maximum absolute atomic E-state index is 2.64. The van der Waals surface area contributed by atoms with Gasteiger partial charge in [0, 0.05) is 22.1 Å². The molecule has 0 bridgehead atoms. The van der Waals surface area contributed by atoms with Crippen LogP contribution in [0.25, 0.3) is 55.3 Å². The molecule has 0 spiro atoms. The van der Waals surface area contributed by atoms with Crippen molar-refractivity contribution in [3.05, 3.63) is 269 Å². The summed E-state index contributed by atoms with van der Waals surface area (Å²) in [4.78, 5) is 2.64. The summed E-state index contributed by atoms with van der Waals surface area (Å²) in [5, 5.41) is 2.70. The molecular formula is C68H55N. The van der Waals surface area contributed by atoms with E-state index in [-0.39, 0.29) is 5.41 Å². The van der Waals surface area contributed by atoms with E-state index in [2.05, 4.69) is 249 Å². The minimum absolute atomic E-state index is 0.129. The van der Waals surface area contributed by atoms with Crippen LogP contribution in [0.1, 0.15) is 90.8 Å². The number of para-hydroxylation sites is 2. The molecule has 0 unspecified atom stereocenters. The third-order valence-corrected chi connectivity index (χ3v) is 16.2. The first-order chi connectivity index (χ1) is 34.0. The Labute approximate surface area is 407 Å². The second kappa shape index (κ2) is 16.5. The van der Waals surface area contributed by atoms with Crippen LogP contribution in [0.15, 0.2) is 231 Å². The second-order valence-electron chi connectivity index (χ2n) is 20.1. The smallest absolute Gasteiger partial charge is 0.0714 e. The predicted molar refractivity (Wildman–Crippen MR) is 290 cm³/mol. The topological polar surface area (TPSA) is 3.24 Å². The molecule has 1 fully saturated rings. The van der Waals surface area contributed by atoms with Crippen LogP contribution in [0.2, 0.25) is 0 Å². The summed E-state index contributed by atoms with van der Waals surface area (Å²) >= 11 is 0. The zero-order chi connectivity index (χ0) is 46.1. The van der Waals surface area contributed by atoms with Crippen LogP contribution in [0.5, 0.6) is 0 Å². The van der Waals surface area contributed by atoms with Gasteiger partial charge in [-0.2, -0.15) is 0 Å². The lowest BCUT2D eigenvalue weighted by Gasteiger charge is -2.35. The van der Waals surface area contributed by atoms with Crippen molar-refractivity contribution in [2.75, 3.05) is 4.90 Å². The number of hydrogen-bond acceptors (Lipinski definition) is 1. The van der Waals surface area contributed by atoms with Gasteiger partial charge in [-0.1, -0.05) is 245 Å². The number of benzene rings is 10. The molecule has 10 aromatic carbocycles. The lowest BCUT2D eigenvalue weighted by Crippen LogP contribution is -2.28. The Morgan fingerprint density at radius 2 is 0.812 bits per heavy atom. The number of hydrogen-bond donors (Lipinski definition) is 0. The molecule has 0 saturated heterocycles. The zero-order valence-corrected chi connectivity index (χ0v) is 39.5. The molecule has 10 aromatic rings. The molecule has 13 rings (SSSR count). The average molecular weight is 886 g/mol. The minimum Gasteiger partial charge on any atom is -0.309 e. The van der Waals surface area contributed by atoms with Crippen molar-refractivity contribution in [2.24, 2.45) is 0 Å². The summed E-state index contributed by atoms with van der Waals surface area (Å²) in [6, 6.07) is 87.3. The van der Waals surface area contributed by atoms with E-state index in [1.807, 2.05) is 0 Å². The Morgan fingerprint density at radius 3 is 1.49 bits per heavy atom. The number of nitrogens with zero attached hydrogens (tertiary/aromatic N) is 1. The molecule has 1 nitrogen and oxygen atoms in total. The summed E-state index contributed by atoms with van der Waals surface area (Å²) in [6.45, 7) is 4.77. The quantitative estimate of drug-likeness (QED) is 0.147. The van der Waals surface area contributed by atoms with Crippen molar-refractivity contribution < 1.29 is 0 Å². The van der Waals surface area contributed by atoms with Gasteiger partial charge in [0.15, 0.2) is 0 Å². The highest BCUT2D eigenvalue weighted by Crippen LogP contribution is 2.61. The lowest BCUT2D eigenvalue weighted by molar-refractivity contribution is 0.445. The Morgan fingerprint density at radius 1 is 0.348 bits per heavy atom. The molecule has 0 atom stereocenters. The Kier molecular flexibility index (Phi) is 9.91. The van der Waals surface area contributed by atoms with Crippen molar-refractivity contribution in [3.63, 3.8) is 0 Å². The van der Waals surface area contributed by atoms with Crippen molar-refractivity contribution in [3.8, 4) is 44.5 Å². The monoisotopic (exact) mass is 885 g/mol. The number of rotatable bonds is 8. The fourth-order valence-corrected chi connectivity index (χ4v) is 13.2. The van der Waals surface area contributed by atoms with E-state index in [1.165, 1.54) is 126 Å². The van der Waals surface area contributed by atoms with Gasteiger partial charge in [-0.3, -0.25) is 0 Å². The molecule has 0 N–H and O–H groups in total. The Bertz CT molecular complexity index is 3530. The number of fused-ring (bicyclic) bond motifs is 7. The zero-order valence-electron chi connectivity index (χ0n) is 39.5. The van der Waals surface area contributed by atoms with Crippen molar-refractivity contribution in [1.29, 1.82) is 0 Å². The first-order valence-corrected chi connectivity index (χ1v) is 25.1. The van der Waals surface area contributed by atoms with Gasteiger partial charge in [-0.15, -0.1) is 0 Å². The standard InChI is InChI=1S/C68H55N/c1-67(2)57-39-16-12-34-55(57)65-54(38-22-41-59(65)67)52-33-15-19-44-62(52)69(61-43-18-14-32-51(61)53-37-21-27-47-26-20-36-50(64(47)53)46-24-6-3-7-25-46)63-45-23-42-60-66(63)56-35-13-17-40-58(56)68(60,48-28-8-4-9-29-48)49-30-10-5-11-31-49/h4-5,8-23,26-46H,3,6-7,24-25H2,1-2H3. The summed E-state index contributed by atoms with van der Waals surface area (Å²) in [5.41, 5.74) is 22.3. The molecule has 0 radical (unpaired) electrons. The van der Waals surface area contributed by atoms with Gasteiger partial charge in [-0.05, 0) is 114 Å². The van der Waals surface area contributed by atoms with Crippen LogP contribution in [-0.4, -0.2) is 0 Å². The highest BCUT2D eigenvalue weighted by Gasteiger charge is 2.47. The summed E-state index contributed by atoms with van der Waals surface area (Å²) < 4.78 is 0. The van der Waals surface area contributed by atoms with Gasteiger partial charge in [0.05, 0.1) is 22.5 Å². The van der Waals surface area contributed by atoms with E-state index in [0.29, 0.717) is 5.92 Å². The molecule has 0 aliphatic heterocycles. The third-order valence-electron chi connectivity index (χ3n) is 16.2. The van der Waals surface area contributed by atoms with Gasteiger partial charge in [0.2, 0.25) is 0 Å². The molecule has 0 heterocycles. The second-order valence-corrected chi connectivity index (χ2v) is 20.1. The van der Waals surface area contributed by atoms with Crippen molar-refractivity contribution in [1.82, 2.24) is 0 Å². The van der Waals surface area contributed by atoms with Gasteiger partial charge < -0.3 is 4.90 Å². The minimum atomic E-state index is -0.546. The molecule has 1 heteroatoms. The van der Waals surface area contributed by atoms with E-state index in [1.54, 1.807) is 0 Å².